The Morgan fingerprint density at radius 2 is 2.04 bits per heavy atom. The summed E-state index contributed by atoms with van der Waals surface area (Å²) < 4.78 is 52.4. The summed E-state index contributed by atoms with van der Waals surface area (Å²) in [4.78, 5) is 47.1. The van der Waals surface area contributed by atoms with Crippen LogP contribution in [-0.4, -0.2) is 73.0 Å². The first-order valence-electron chi connectivity index (χ1n) is 7.21. The van der Waals surface area contributed by atoms with Gasteiger partial charge in [0.1, 0.15) is 40.3 Å². The molecule has 2 unspecified atom stereocenters. The number of esters is 1. The van der Waals surface area contributed by atoms with Gasteiger partial charge in [-0.2, -0.15) is 13.2 Å². The van der Waals surface area contributed by atoms with Crippen LogP contribution in [0.25, 0.3) is 0 Å². The van der Waals surface area contributed by atoms with Gasteiger partial charge in [0, 0.05) is 18.2 Å². The van der Waals surface area contributed by atoms with Crippen molar-refractivity contribution in [2.75, 3.05) is 18.1 Å². The van der Waals surface area contributed by atoms with E-state index in [4.69, 9.17) is 4.74 Å². The van der Waals surface area contributed by atoms with Gasteiger partial charge in [-0.3, -0.25) is 19.3 Å². The lowest BCUT2D eigenvalue weighted by atomic mass is 10.0. The van der Waals surface area contributed by atoms with E-state index >= 15 is 0 Å². The van der Waals surface area contributed by atoms with Crippen molar-refractivity contribution >= 4 is 46.3 Å². The molecular weight excluding hydrogens is 417 g/mol. The Bertz CT molecular complexity index is 753. The molecule has 3 atom stereocenters. The van der Waals surface area contributed by atoms with Crippen molar-refractivity contribution in [1.29, 1.82) is 0 Å². The van der Waals surface area contributed by atoms with Crippen LogP contribution in [0.4, 0.5) is 13.2 Å². The highest BCUT2D eigenvalue weighted by Gasteiger charge is 2.54. The number of carboxylic acid groups (broad SMARTS) is 1. The van der Waals surface area contributed by atoms with E-state index in [1.165, 1.54) is 0 Å². The summed E-state index contributed by atoms with van der Waals surface area (Å²) in [5.74, 6) is -5.45. The molecule has 0 bridgehead atoms. The minimum Gasteiger partial charge on any atom is -0.477 e. The summed E-state index contributed by atoms with van der Waals surface area (Å²) in [7, 11) is -3.41. The topological polar surface area (TPSA) is 130 Å². The number of alkyl halides is 3. The number of hydrogen-bond donors (Lipinski definition) is 2. The largest absolute Gasteiger partial charge is 0.477 e. The highest BCUT2D eigenvalue weighted by molar-refractivity contribution is 8.00. The van der Waals surface area contributed by atoms with Gasteiger partial charge in [0.15, 0.2) is 0 Å². The number of carboxylic acids is 1. The fourth-order valence-corrected chi connectivity index (χ4v) is 4.21. The van der Waals surface area contributed by atoms with E-state index in [-0.39, 0.29) is 17.9 Å². The number of aliphatic carboxylic acids is 1. The number of amides is 2. The molecule has 9 nitrogen and oxygen atoms in total. The van der Waals surface area contributed by atoms with Crippen LogP contribution in [-0.2, 0) is 34.7 Å². The van der Waals surface area contributed by atoms with Crippen LogP contribution >= 0.6 is 11.8 Å². The summed E-state index contributed by atoms with van der Waals surface area (Å²) in [6, 6.07) is -1.24. The fourth-order valence-electron chi connectivity index (χ4n) is 2.40. The second-order valence-corrected chi connectivity index (χ2v) is 7.98. The maximum atomic E-state index is 12.2. The van der Waals surface area contributed by atoms with E-state index in [9.17, 15) is 41.7 Å². The van der Waals surface area contributed by atoms with Crippen molar-refractivity contribution < 1.29 is 46.4 Å². The number of β-lactam (4-membered cyclic amide) rings is 1. The van der Waals surface area contributed by atoms with Crippen molar-refractivity contribution in [3.8, 4) is 0 Å². The fraction of sp³-hybridized carbons (Fsp3) is 0.538. The molecule has 2 aliphatic heterocycles. The minimum atomic E-state index is -5.06. The second-order valence-electron chi connectivity index (χ2n) is 5.43. The molecule has 0 aromatic heterocycles. The molecule has 2 N–H and O–H groups in total. The minimum absolute atomic E-state index is 0.0736. The van der Waals surface area contributed by atoms with Gasteiger partial charge in [0.25, 0.3) is 5.91 Å². The zero-order chi connectivity index (χ0) is 20.5. The van der Waals surface area contributed by atoms with Crippen molar-refractivity contribution in [3.63, 3.8) is 0 Å². The molecule has 0 aliphatic carbocycles. The van der Waals surface area contributed by atoms with Crippen LogP contribution in [0, 0.1) is 0 Å². The molecule has 0 aromatic rings. The normalized spacial score (nSPS) is 23.3. The average molecular weight is 430 g/mol. The summed E-state index contributed by atoms with van der Waals surface area (Å²) >= 11 is 1.05. The Hall–Kier alpha value is -2.09. The molecule has 2 heterocycles. The number of nitrogens with zero attached hydrogens (tertiary/aromatic N) is 1. The first kappa shape index (κ1) is 21.2. The molecule has 1 saturated heterocycles. The molecule has 2 aliphatic rings. The Morgan fingerprint density at radius 3 is 2.56 bits per heavy atom. The van der Waals surface area contributed by atoms with E-state index in [0.29, 0.717) is 0 Å². The lowest BCUT2D eigenvalue weighted by Gasteiger charge is -2.49. The molecule has 0 aromatic carbocycles. The van der Waals surface area contributed by atoms with Gasteiger partial charge in [-0.15, -0.1) is 11.8 Å². The van der Waals surface area contributed by atoms with Crippen molar-refractivity contribution in [3.05, 3.63) is 11.3 Å². The third kappa shape index (κ3) is 4.61. The number of nitrogens with one attached hydrogen (secondary N) is 1. The van der Waals surface area contributed by atoms with Crippen molar-refractivity contribution in [1.82, 2.24) is 10.2 Å². The van der Waals surface area contributed by atoms with Crippen molar-refractivity contribution in [2.45, 2.75) is 23.8 Å². The molecule has 2 rings (SSSR count). The zero-order valence-electron chi connectivity index (χ0n) is 13.6. The number of hydrogen-bond acceptors (Lipinski definition) is 7. The SMILES string of the molecule is CC(=O)OCC1=C(C(=O)O)N2C(=O)C(NC(=O)CS(=O)C(F)(F)F)[C@@H]2SC1. The lowest BCUT2D eigenvalue weighted by Crippen LogP contribution is -2.71. The van der Waals surface area contributed by atoms with E-state index in [2.05, 4.69) is 0 Å². The molecular formula is C13H13F3N2O7S2. The number of thioether (sulfide) groups is 1. The Morgan fingerprint density at radius 1 is 1.41 bits per heavy atom. The maximum Gasteiger partial charge on any atom is 0.471 e. The first-order chi connectivity index (χ1) is 12.4. The molecule has 0 saturated carbocycles. The Balaban J connectivity index is 2.08. The van der Waals surface area contributed by atoms with Crippen molar-refractivity contribution in [2.24, 2.45) is 0 Å². The van der Waals surface area contributed by atoms with Crippen LogP contribution in [0.3, 0.4) is 0 Å². The smallest absolute Gasteiger partial charge is 0.471 e. The summed E-state index contributed by atoms with van der Waals surface area (Å²) in [6.45, 7) is 0.799. The van der Waals surface area contributed by atoms with Crippen LogP contribution < -0.4 is 5.32 Å². The predicted octanol–water partition coefficient (Wildman–Crippen LogP) is -0.443. The molecule has 27 heavy (non-hydrogen) atoms. The number of fused-ring (bicyclic) bond motifs is 1. The summed E-state index contributed by atoms with van der Waals surface area (Å²) in [5.41, 5.74) is -5.28. The van der Waals surface area contributed by atoms with E-state index in [0.717, 1.165) is 23.6 Å². The monoisotopic (exact) mass is 430 g/mol. The quantitative estimate of drug-likeness (QED) is 0.428. The number of carbonyl (C=O) groups is 4. The maximum absolute atomic E-state index is 12.2. The van der Waals surface area contributed by atoms with E-state index in [1.807, 2.05) is 5.32 Å². The van der Waals surface area contributed by atoms with Crippen LogP contribution in [0.15, 0.2) is 11.3 Å². The Kier molecular flexibility index (Phi) is 6.19. The summed E-state index contributed by atoms with van der Waals surface area (Å²) in [5, 5.41) is 10.5. The molecule has 150 valence electrons. The molecule has 2 amide bonds. The van der Waals surface area contributed by atoms with Crippen LogP contribution in [0.1, 0.15) is 6.92 Å². The van der Waals surface area contributed by atoms with E-state index in [1.54, 1.807) is 0 Å². The predicted molar refractivity (Wildman–Crippen MR) is 85.4 cm³/mol. The van der Waals surface area contributed by atoms with Crippen LogP contribution in [0.5, 0.6) is 0 Å². The molecule has 14 heteroatoms. The standard InChI is InChI=1S/C13H13F3N2O7S2/c1-5(19)25-2-6-3-26-11-8(10(21)18(11)9(6)12(22)23)17-7(20)4-27(24)13(14,15)16/h8,11H,2-4H2,1H3,(H,17,20)(H,22,23)/t8?,11-,27?/m0/s1. The third-order valence-corrected chi connectivity index (χ3v) is 5.92. The number of carbonyl (C=O) groups excluding carboxylic acids is 3. The molecule has 0 spiro atoms. The van der Waals surface area contributed by atoms with Gasteiger partial charge in [-0.25, -0.2) is 9.00 Å². The third-order valence-electron chi connectivity index (χ3n) is 3.54. The van der Waals surface area contributed by atoms with Crippen LogP contribution in [0.2, 0.25) is 0 Å². The number of ether oxygens (including phenoxy) is 1. The highest BCUT2D eigenvalue weighted by Crippen LogP contribution is 2.40. The van der Waals surface area contributed by atoms with E-state index < -0.39 is 62.9 Å². The second kappa shape index (κ2) is 7.88. The molecule has 1 fully saturated rings. The van der Waals surface area contributed by atoms with Gasteiger partial charge in [0.05, 0.1) is 0 Å². The number of halogens is 3. The summed E-state index contributed by atoms with van der Waals surface area (Å²) in [6.07, 6.45) is 0. The Labute approximate surface area is 156 Å². The van der Waals surface area contributed by atoms with Gasteiger partial charge in [-0.1, -0.05) is 0 Å². The zero-order valence-corrected chi connectivity index (χ0v) is 15.2. The van der Waals surface area contributed by atoms with Gasteiger partial charge >= 0.3 is 17.4 Å². The van der Waals surface area contributed by atoms with Gasteiger partial charge in [-0.05, 0) is 0 Å². The first-order valence-corrected chi connectivity index (χ1v) is 9.58. The van der Waals surface area contributed by atoms with Gasteiger partial charge in [0.2, 0.25) is 5.91 Å². The van der Waals surface area contributed by atoms with Gasteiger partial charge < -0.3 is 15.2 Å². The average Bonchev–Trinajstić information content (AvgIpc) is 2.55. The molecule has 0 radical (unpaired) electrons. The number of rotatable bonds is 6. The lowest BCUT2D eigenvalue weighted by molar-refractivity contribution is -0.150. The highest BCUT2D eigenvalue weighted by atomic mass is 32.2.